The van der Waals surface area contributed by atoms with Crippen LogP contribution in [0.25, 0.3) is 5.57 Å². The van der Waals surface area contributed by atoms with Gasteiger partial charge in [0.25, 0.3) is 0 Å². The minimum atomic E-state index is -0.518. The molecule has 0 aliphatic carbocycles. The number of rotatable bonds is 1. The third-order valence-corrected chi connectivity index (χ3v) is 5.11. The summed E-state index contributed by atoms with van der Waals surface area (Å²) in [5.41, 5.74) is 9.09. The van der Waals surface area contributed by atoms with Crippen LogP contribution in [0.4, 0.5) is 10.5 Å². The van der Waals surface area contributed by atoms with Crippen molar-refractivity contribution in [2.45, 2.75) is 33.3 Å². The molecule has 25 heavy (non-hydrogen) atoms. The molecule has 1 aromatic carbocycles. The predicted octanol–water partition coefficient (Wildman–Crippen LogP) is 3.75. The number of halogens is 1. The number of anilines is 1. The SMILES string of the molecule is Cc1c(Br)c(N)c2c(c1C1=CCN(C(=O)OC(C)(C)C)C1)OCCO2. The molecule has 6 nitrogen and oxygen atoms in total. The van der Waals surface area contributed by atoms with Crippen molar-refractivity contribution in [2.24, 2.45) is 0 Å². The van der Waals surface area contributed by atoms with Crippen LogP contribution in [0.5, 0.6) is 11.5 Å². The second kappa shape index (κ2) is 6.44. The summed E-state index contributed by atoms with van der Waals surface area (Å²) < 4.78 is 17.8. The minimum Gasteiger partial charge on any atom is -0.485 e. The van der Waals surface area contributed by atoms with Gasteiger partial charge >= 0.3 is 6.09 Å². The first-order chi connectivity index (χ1) is 11.7. The lowest BCUT2D eigenvalue weighted by molar-refractivity contribution is 0.0306. The van der Waals surface area contributed by atoms with E-state index in [1.165, 1.54) is 0 Å². The molecule has 7 heteroatoms. The van der Waals surface area contributed by atoms with Crippen molar-refractivity contribution in [3.63, 3.8) is 0 Å². The number of nitrogens with two attached hydrogens (primary N) is 1. The average molecular weight is 411 g/mol. The van der Waals surface area contributed by atoms with Gasteiger partial charge in [-0.15, -0.1) is 0 Å². The smallest absolute Gasteiger partial charge is 0.410 e. The van der Waals surface area contributed by atoms with E-state index in [9.17, 15) is 4.79 Å². The van der Waals surface area contributed by atoms with Crippen LogP contribution in [0.3, 0.4) is 0 Å². The second-order valence-corrected chi connectivity index (χ2v) is 7.97. The van der Waals surface area contributed by atoms with Crippen molar-refractivity contribution in [3.05, 3.63) is 21.7 Å². The van der Waals surface area contributed by atoms with Gasteiger partial charge in [0.2, 0.25) is 0 Å². The Hall–Kier alpha value is -1.89. The number of carbonyl (C=O) groups is 1. The van der Waals surface area contributed by atoms with Gasteiger partial charge in [-0.3, -0.25) is 0 Å². The Balaban J connectivity index is 1.91. The van der Waals surface area contributed by atoms with Gasteiger partial charge in [-0.25, -0.2) is 4.79 Å². The molecule has 0 aromatic heterocycles. The quantitative estimate of drug-likeness (QED) is 0.713. The zero-order valence-corrected chi connectivity index (χ0v) is 16.5. The second-order valence-electron chi connectivity index (χ2n) is 7.17. The Bertz CT molecular complexity index is 753. The number of nitrogen functional groups attached to an aromatic ring is 1. The normalized spacial score (nSPS) is 16.7. The van der Waals surface area contributed by atoms with Gasteiger partial charge in [-0.1, -0.05) is 6.08 Å². The molecule has 2 aliphatic heterocycles. The van der Waals surface area contributed by atoms with Crippen LogP contribution in [-0.4, -0.2) is 42.9 Å². The molecule has 1 aromatic rings. The summed E-state index contributed by atoms with van der Waals surface area (Å²) in [6, 6.07) is 0. The molecule has 0 unspecified atom stereocenters. The number of nitrogens with zero attached hydrogens (tertiary/aromatic N) is 1. The van der Waals surface area contributed by atoms with Crippen molar-refractivity contribution < 1.29 is 19.0 Å². The van der Waals surface area contributed by atoms with Gasteiger partial charge in [0.05, 0.1) is 5.69 Å². The standard InChI is InChI=1S/C18H23BrN2O4/c1-10-12(15-16(14(20)13(10)19)24-8-7-23-15)11-5-6-21(9-11)17(22)25-18(2,3)4/h5H,6-9,20H2,1-4H3. The van der Waals surface area contributed by atoms with Gasteiger partial charge < -0.3 is 24.8 Å². The fourth-order valence-electron chi connectivity index (χ4n) is 2.97. The molecule has 0 spiro atoms. The topological polar surface area (TPSA) is 74.0 Å². The molecular formula is C18H23BrN2O4. The summed E-state index contributed by atoms with van der Waals surface area (Å²) in [6.07, 6.45) is 1.70. The first-order valence-corrected chi connectivity index (χ1v) is 9.03. The van der Waals surface area contributed by atoms with Crippen LogP contribution >= 0.6 is 15.9 Å². The van der Waals surface area contributed by atoms with Gasteiger partial charge in [-0.2, -0.15) is 0 Å². The van der Waals surface area contributed by atoms with Crippen molar-refractivity contribution in [3.8, 4) is 11.5 Å². The number of ether oxygens (including phenoxy) is 3. The Morgan fingerprint density at radius 3 is 2.56 bits per heavy atom. The summed E-state index contributed by atoms with van der Waals surface area (Å²) in [4.78, 5) is 14.0. The molecule has 136 valence electrons. The van der Waals surface area contributed by atoms with E-state index in [1.54, 1.807) is 4.90 Å². The first kappa shape index (κ1) is 17.9. The molecule has 0 fully saturated rings. The fourth-order valence-corrected chi connectivity index (χ4v) is 3.35. The Kier molecular flexibility index (Phi) is 4.62. The maximum atomic E-state index is 12.3. The fraction of sp³-hybridized carbons (Fsp3) is 0.500. The summed E-state index contributed by atoms with van der Waals surface area (Å²) >= 11 is 3.55. The van der Waals surface area contributed by atoms with Crippen LogP contribution in [0.2, 0.25) is 0 Å². The van der Waals surface area contributed by atoms with E-state index in [2.05, 4.69) is 15.9 Å². The Morgan fingerprint density at radius 2 is 1.92 bits per heavy atom. The molecular weight excluding hydrogens is 388 g/mol. The van der Waals surface area contributed by atoms with E-state index in [-0.39, 0.29) is 6.09 Å². The van der Waals surface area contributed by atoms with E-state index in [4.69, 9.17) is 19.9 Å². The van der Waals surface area contributed by atoms with Crippen LogP contribution in [-0.2, 0) is 4.74 Å². The lowest BCUT2D eigenvalue weighted by Crippen LogP contribution is -2.35. The van der Waals surface area contributed by atoms with Crippen LogP contribution in [0.15, 0.2) is 10.5 Å². The average Bonchev–Trinajstić information content (AvgIpc) is 3.01. The summed E-state index contributed by atoms with van der Waals surface area (Å²) in [7, 11) is 0. The largest absolute Gasteiger partial charge is 0.485 e. The molecule has 2 N–H and O–H groups in total. The molecule has 0 bridgehead atoms. The lowest BCUT2D eigenvalue weighted by Gasteiger charge is -2.27. The number of amides is 1. The van der Waals surface area contributed by atoms with Crippen LogP contribution < -0.4 is 15.2 Å². The maximum absolute atomic E-state index is 12.3. The van der Waals surface area contributed by atoms with Crippen molar-refractivity contribution in [1.82, 2.24) is 4.90 Å². The van der Waals surface area contributed by atoms with E-state index >= 15 is 0 Å². The molecule has 0 saturated carbocycles. The Morgan fingerprint density at radius 1 is 1.28 bits per heavy atom. The summed E-state index contributed by atoms with van der Waals surface area (Å²) in [5.74, 6) is 1.22. The lowest BCUT2D eigenvalue weighted by atomic mass is 9.98. The number of benzene rings is 1. The predicted molar refractivity (Wildman–Crippen MR) is 100 cm³/mol. The van der Waals surface area contributed by atoms with Crippen LogP contribution in [0, 0.1) is 6.92 Å². The van der Waals surface area contributed by atoms with Crippen molar-refractivity contribution >= 4 is 33.3 Å². The molecule has 2 aliphatic rings. The number of hydrogen-bond acceptors (Lipinski definition) is 5. The minimum absolute atomic E-state index is 0.322. The molecule has 3 rings (SSSR count). The highest BCUT2D eigenvalue weighted by Gasteiger charge is 2.31. The molecule has 2 heterocycles. The molecule has 0 atom stereocenters. The number of fused-ring (bicyclic) bond motifs is 1. The Labute approximate surface area is 156 Å². The van der Waals surface area contributed by atoms with Gasteiger partial charge in [0, 0.05) is 23.1 Å². The number of hydrogen-bond donors (Lipinski definition) is 1. The highest BCUT2D eigenvalue weighted by atomic mass is 79.9. The highest BCUT2D eigenvalue weighted by molar-refractivity contribution is 9.10. The monoisotopic (exact) mass is 410 g/mol. The van der Waals surface area contributed by atoms with E-state index < -0.39 is 5.60 Å². The van der Waals surface area contributed by atoms with Gasteiger partial charge in [0.1, 0.15) is 18.8 Å². The first-order valence-electron chi connectivity index (χ1n) is 8.23. The van der Waals surface area contributed by atoms with E-state index in [1.807, 2.05) is 33.8 Å². The third-order valence-electron chi connectivity index (χ3n) is 4.09. The van der Waals surface area contributed by atoms with E-state index in [0.29, 0.717) is 43.5 Å². The van der Waals surface area contributed by atoms with Crippen molar-refractivity contribution in [2.75, 3.05) is 32.0 Å². The van der Waals surface area contributed by atoms with Gasteiger partial charge in [-0.05, 0) is 54.8 Å². The van der Waals surface area contributed by atoms with Crippen LogP contribution in [0.1, 0.15) is 31.9 Å². The van der Waals surface area contributed by atoms with Crippen molar-refractivity contribution in [1.29, 1.82) is 0 Å². The summed E-state index contributed by atoms with van der Waals surface area (Å²) in [6.45, 7) is 9.46. The molecule has 1 amide bonds. The molecule has 0 saturated heterocycles. The summed E-state index contributed by atoms with van der Waals surface area (Å²) in [5, 5.41) is 0. The zero-order chi connectivity index (χ0) is 18.4. The van der Waals surface area contributed by atoms with Gasteiger partial charge in [0.15, 0.2) is 11.5 Å². The highest BCUT2D eigenvalue weighted by Crippen LogP contribution is 2.48. The maximum Gasteiger partial charge on any atom is 0.410 e. The van der Waals surface area contributed by atoms with E-state index in [0.717, 1.165) is 21.2 Å². The third kappa shape index (κ3) is 3.42. The number of carbonyl (C=O) groups excluding carboxylic acids is 1. The molecule has 0 radical (unpaired) electrons. The zero-order valence-electron chi connectivity index (χ0n) is 14.9.